The number of nitrogens with two attached hydrogens (primary N) is 1. The topological polar surface area (TPSA) is 60.9 Å². The van der Waals surface area contributed by atoms with Crippen molar-refractivity contribution in [3.8, 4) is 0 Å². The van der Waals surface area contributed by atoms with E-state index in [0.717, 1.165) is 0 Å². The van der Waals surface area contributed by atoms with E-state index in [1.54, 1.807) is 13.8 Å². The van der Waals surface area contributed by atoms with Crippen LogP contribution in [-0.4, -0.2) is 15.5 Å². The van der Waals surface area contributed by atoms with Gasteiger partial charge in [0.15, 0.2) is 0 Å². The first-order valence-corrected chi connectivity index (χ1v) is 6.44. The normalized spacial score (nSPS) is 14.6. The van der Waals surface area contributed by atoms with Gasteiger partial charge in [0.05, 0.1) is 21.4 Å². The molecule has 0 aliphatic heterocycles. The number of primary amides is 1. The summed E-state index contributed by atoms with van der Waals surface area (Å²) in [5.74, 6) is -0.682. The van der Waals surface area contributed by atoms with Gasteiger partial charge in [-0.3, -0.25) is 4.79 Å². The Hall–Kier alpha value is -1.33. The first kappa shape index (κ1) is 14.1. The van der Waals surface area contributed by atoms with Crippen molar-refractivity contribution < 1.29 is 9.18 Å². The number of halogens is 3. The van der Waals surface area contributed by atoms with Gasteiger partial charge in [0.25, 0.3) is 0 Å². The molecule has 4 nitrogen and oxygen atoms in total. The molecule has 0 radical (unpaired) electrons. The first-order chi connectivity index (χ1) is 8.82. The Kier molecular flexibility index (Phi) is 3.69. The Bertz CT molecular complexity index is 654. The first-order valence-electron chi connectivity index (χ1n) is 5.63. The number of rotatable bonds is 3. The standard InChI is InChI=1S/C12H12Cl2FN3O/c1-5(13)12-17-9-3-7(14)8(15)4-10(9)18(12)6(2)11(16)19/h3-6H,1-2H3,(H2,16,19). The third kappa shape index (κ3) is 2.40. The van der Waals surface area contributed by atoms with Crippen molar-refractivity contribution in [3.05, 3.63) is 28.8 Å². The highest BCUT2D eigenvalue weighted by Gasteiger charge is 2.23. The summed E-state index contributed by atoms with van der Waals surface area (Å²) in [7, 11) is 0. The lowest BCUT2D eigenvalue weighted by Gasteiger charge is -2.15. The summed E-state index contributed by atoms with van der Waals surface area (Å²) in [6.45, 7) is 3.32. The maximum atomic E-state index is 13.6. The number of carbonyl (C=O) groups is 1. The van der Waals surface area contributed by atoms with E-state index >= 15 is 0 Å². The molecule has 1 aromatic heterocycles. The fraction of sp³-hybridized carbons (Fsp3) is 0.333. The Labute approximate surface area is 119 Å². The van der Waals surface area contributed by atoms with E-state index in [0.29, 0.717) is 16.9 Å². The van der Waals surface area contributed by atoms with Gasteiger partial charge in [0.2, 0.25) is 5.91 Å². The number of amides is 1. The molecule has 2 atom stereocenters. The van der Waals surface area contributed by atoms with Crippen molar-refractivity contribution in [2.75, 3.05) is 0 Å². The van der Waals surface area contributed by atoms with Crippen molar-refractivity contribution >= 4 is 40.1 Å². The number of alkyl halides is 1. The zero-order chi connectivity index (χ0) is 14.3. The number of nitrogens with zero attached hydrogens (tertiary/aromatic N) is 2. The van der Waals surface area contributed by atoms with Gasteiger partial charge in [0, 0.05) is 6.07 Å². The summed E-state index contributed by atoms with van der Waals surface area (Å²) in [5, 5.41) is -0.478. The van der Waals surface area contributed by atoms with E-state index in [1.165, 1.54) is 16.7 Å². The molecule has 0 aliphatic carbocycles. The molecule has 1 heterocycles. The van der Waals surface area contributed by atoms with Crippen molar-refractivity contribution in [1.29, 1.82) is 0 Å². The quantitative estimate of drug-likeness (QED) is 0.885. The van der Waals surface area contributed by atoms with Crippen LogP contribution in [0.2, 0.25) is 5.02 Å². The molecule has 1 amide bonds. The molecule has 7 heteroatoms. The van der Waals surface area contributed by atoms with Crippen molar-refractivity contribution in [3.63, 3.8) is 0 Å². The minimum absolute atomic E-state index is 0.0300. The van der Waals surface area contributed by atoms with Gasteiger partial charge < -0.3 is 10.3 Å². The number of benzene rings is 1. The van der Waals surface area contributed by atoms with Crippen LogP contribution >= 0.6 is 23.2 Å². The SMILES string of the molecule is CC(Cl)c1nc2cc(Cl)c(F)cc2n1C(C)C(N)=O. The van der Waals surface area contributed by atoms with Crippen LogP contribution in [0.3, 0.4) is 0 Å². The molecule has 2 unspecified atom stereocenters. The third-order valence-corrected chi connectivity index (χ3v) is 3.40. The fourth-order valence-corrected chi connectivity index (χ4v) is 2.24. The summed E-state index contributed by atoms with van der Waals surface area (Å²) in [6, 6.07) is 1.95. The second kappa shape index (κ2) is 4.98. The average Bonchev–Trinajstić information content (AvgIpc) is 2.67. The number of hydrogen-bond acceptors (Lipinski definition) is 2. The molecule has 2 N–H and O–H groups in total. The van der Waals surface area contributed by atoms with Crippen molar-refractivity contribution in [2.24, 2.45) is 5.73 Å². The molecule has 2 aromatic rings. The molecule has 0 fully saturated rings. The third-order valence-electron chi connectivity index (χ3n) is 2.91. The molecule has 102 valence electrons. The Morgan fingerprint density at radius 3 is 2.63 bits per heavy atom. The van der Waals surface area contributed by atoms with Gasteiger partial charge in [-0.25, -0.2) is 9.37 Å². The predicted octanol–water partition coefficient (Wildman–Crippen LogP) is 3.17. The largest absolute Gasteiger partial charge is 0.368 e. The lowest BCUT2D eigenvalue weighted by molar-refractivity contribution is -0.120. The lowest BCUT2D eigenvalue weighted by atomic mass is 10.2. The maximum absolute atomic E-state index is 13.6. The molecular weight excluding hydrogens is 292 g/mol. The van der Waals surface area contributed by atoms with Crippen LogP contribution in [0, 0.1) is 5.82 Å². The number of fused-ring (bicyclic) bond motifs is 1. The summed E-state index contributed by atoms with van der Waals surface area (Å²) < 4.78 is 15.1. The summed E-state index contributed by atoms with van der Waals surface area (Å²) in [6.07, 6.45) is 0. The minimum Gasteiger partial charge on any atom is -0.368 e. The average molecular weight is 304 g/mol. The van der Waals surface area contributed by atoms with Gasteiger partial charge in [-0.1, -0.05) is 11.6 Å². The molecule has 19 heavy (non-hydrogen) atoms. The second-order valence-corrected chi connectivity index (χ2v) is 5.35. The summed E-state index contributed by atoms with van der Waals surface area (Å²) >= 11 is 11.8. The van der Waals surface area contributed by atoms with Crippen LogP contribution in [0.15, 0.2) is 12.1 Å². The highest BCUT2D eigenvalue weighted by Crippen LogP contribution is 2.30. The Morgan fingerprint density at radius 2 is 2.11 bits per heavy atom. The van der Waals surface area contributed by atoms with Gasteiger partial charge in [-0.2, -0.15) is 0 Å². The van der Waals surface area contributed by atoms with Crippen LogP contribution in [-0.2, 0) is 4.79 Å². The fourth-order valence-electron chi connectivity index (χ4n) is 1.92. The van der Waals surface area contributed by atoms with Crippen LogP contribution < -0.4 is 5.73 Å². The van der Waals surface area contributed by atoms with Gasteiger partial charge in [-0.15, -0.1) is 11.6 Å². The lowest BCUT2D eigenvalue weighted by Crippen LogP contribution is -2.25. The molecule has 1 aromatic carbocycles. The number of hydrogen-bond donors (Lipinski definition) is 1. The van der Waals surface area contributed by atoms with E-state index < -0.39 is 23.1 Å². The van der Waals surface area contributed by atoms with E-state index in [9.17, 15) is 9.18 Å². The molecule has 0 bridgehead atoms. The van der Waals surface area contributed by atoms with E-state index in [1.807, 2.05) is 0 Å². The van der Waals surface area contributed by atoms with Crippen LogP contribution in [0.5, 0.6) is 0 Å². The summed E-state index contributed by atoms with van der Waals surface area (Å²) in [4.78, 5) is 15.7. The van der Waals surface area contributed by atoms with E-state index in [2.05, 4.69) is 4.98 Å². The monoisotopic (exact) mass is 303 g/mol. The highest BCUT2D eigenvalue weighted by atomic mass is 35.5. The van der Waals surface area contributed by atoms with E-state index in [-0.39, 0.29) is 5.02 Å². The minimum atomic E-state index is -0.679. The number of aromatic nitrogens is 2. The smallest absolute Gasteiger partial charge is 0.240 e. The van der Waals surface area contributed by atoms with Crippen molar-refractivity contribution in [1.82, 2.24) is 9.55 Å². The van der Waals surface area contributed by atoms with Gasteiger partial charge in [-0.05, 0) is 19.9 Å². The molecule has 0 spiro atoms. The molecule has 0 aliphatic rings. The predicted molar refractivity (Wildman–Crippen MR) is 72.9 cm³/mol. The molecular formula is C12H12Cl2FN3O. The summed E-state index contributed by atoms with van der Waals surface area (Å²) in [5.41, 5.74) is 6.22. The van der Waals surface area contributed by atoms with Gasteiger partial charge in [0.1, 0.15) is 17.7 Å². The number of imidazole rings is 1. The maximum Gasteiger partial charge on any atom is 0.240 e. The van der Waals surface area contributed by atoms with Crippen LogP contribution in [0.25, 0.3) is 11.0 Å². The van der Waals surface area contributed by atoms with Crippen molar-refractivity contribution in [2.45, 2.75) is 25.3 Å². The van der Waals surface area contributed by atoms with Crippen LogP contribution in [0.1, 0.15) is 31.1 Å². The van der Waals surface area contributed by atoms with Crippen LogP contribution in [0.4, 0.5) is 4.39 Å². The molecule has 0 saturated heterocycles. The highest BCUT2D eigenvalue weighted by molar-refractivity contribution is 6.31. The number of carbonyl (C=O) groups excluding carboxylic acids is 1. The zero-order valence-electron chi connectivity index (χ0n) is 10.3. The van der Waals surface area contributed by atoms with E-state index in [4.69, 9.17) is 28.9 Å². The Morgan fingerprint density at radius 1 is 1.47 bits per heavy atom. The Balaban J connectivity index is 2.80. The second-order valence-electron chi connectivity index (χ2n) is 4.29. The van der Waals surface area contributed by atoms with Gasteiger partial charge >= 0.3 is 0 Å². The zero-order valence-corrected chi connectivity index (χ0v) is 11.8. The molecule has 2 rings (SSSR count). The molecule has 0 saturated carbocycles.